The second-order valence-corrected chi connectivity index (χ2v) is 5.20. The first-order valence-electron chi connectivity index (χ1n) is 5.86. The molecule has 0 atom stereocenters. The zero-order valence-electron chi connectivity index (χ0n) is 10.6. The third-order valence-corrected chi connectivity index (χ3v) is 3.79. The van der Waals surface area contributed by atoms with Crippen molar-refractivity contribution in [1.29, 1.82) is 0 Å². The van der Waals surface area contributed by atoms with Crippen LogP contribution in [0.15, 0.2) is 16.5 Å². The highest BCUT2D eigenvalue weighted by Gasteiger charge is 2.40. The smallest absolute Gasteiger partial charge is 0.449 e. The number of nitrogens with zero attached hydrogens (tertiary/aromatic N) is 1. The summed E-state index contributed by atoms with van der Waals surface area (Å²) >= 11 is 6.11. The number of hydrogen-bond donors (Lipinski definition) is 0. The summed E-state index contributed by atoms with van der Waals surface area (Å²) < 4.78 is 44.2. The Morgan fingerprint density at radius 3 is 2.60 bits per heavy atom. The normalized spacial score (nSPS) is 16.1. The fourth-order valence-electron chi connectivity index (χ4n) is 2.58. The molecular formula is C13H12Cl2F3NO. The second kappa shape index (κ2) is 5.13. The van der Waals surface area contributed by atoms with Gasteiger partial charge < -0.3 is 9.32 Å². The lowest BCUT2D eigenvalue weighted by molar-refractivity contribution is -0.153. The van der Waals surface area contributed by atoms with E-state index in [-0.39, 0.29) is 30.1 Å². The van der Waals surface area contributed by atoms with Crippen LogP contribution in [0.5, 0.6) is 0 Å². The number of rotatable bonds is 0. The van der Waals surface area contributed by atoms with E-state index in [2.05, 4.69) is 0 Å². The lowest BCUT2D eigenvalue weighted by atomic mass is 10.0. The summed E-state index contributed by atoms with van der Waals surface area (Å²) in [5.41, 5.74) is 1.20. The summed E-state index contributed by atoms with van der Waals surface area (Å²) in [6, 6.07) is 3.10. The van der Waals surface area contributed by atoms with E-state index in [1.54, 1.807) is 13.1 Å². The van der Waals surface area contributed by atoms with Crippen molar-refractivity contribution in [2.45, 2.75) is 19.1 Å². The molecule has 0 bridgehead atoms. The minimum atomic E-state index is -4.48. The van der Waals surface area contributed by atoms with Crippen LogP contribution in [0.25, 0.3) is 11.0 Å². The molecule has 1 aromatic heterocycles. The van der Waals surface area contributed by atoms with Crippen molar-refractivity contribution in [2.24, 2.45) is 0 Å². The fourth-order valence-corrected chi connectivity index (χ4v) is 2.83. The van der Waals surface area contributed by atoms with E-state index in [0.29, 0.717) is 23.4 Å². The Morgan fingerprint density at radius 2 is 1.95 bits per heavy atom. The van der Waals surface area contributed by atoms with Gasteiger partial charge in [0, 0.05) is 29.1 Å². The Bertz CT molecular complexity index is 651. The maximum absolute atomic E-state index is 13.0. The van der Waals surface area contributed by atoms with Crippen LogP contribution in [0.4, 0.5) is 13.2 Å². The third-order valence-electron chi connectivity index (χ3n) is 3.43. The van der Waals surface area contributed by atoms with Gasteiger partial charge in [0.15, 0.2) is 0 Å². The standard InChI is InChI=1S/C13H11ClF3NO.ClH/c1-18-5-4-7-9(14)2-3-10-11(7)8(6-18)12(19-10)13(15,16)17;/h2-3H,4-6H2,1H3;1H. The average molecular weight is 326 g/mol. The van der Waals surface area contributed by atoms with Crippen molar-refractivity contribution in [1.82, 2.24) is 4.90 Å². The van der Waals surface area contributed by atoms with Gasteiger partial charge in [-0.05, 0) is 31.2 Å². The molecule has 0 saturated heterocycles. The molecule has 2 heterocycles. The molecule has 1 aliphatic rings. The van der Waals surface area contributed by atoms with Crippen LogP contribution < -0.4 is 0 Å². The van der Waals surface area contributed by atoms with Gasteiger partial charge in [0.2, 0.25) is 5.76 Å². The van der Waals surface area contributed by atoms with Crippen LogP contribution in [-0.2, 0) is 19.1 Å². The minimum Gasteiger partial charge on any atom is -0.451 e. The number of hydrogen-bond acceptors (Lipinski definition) is 2. The molecule has 2 nitrogen and oxygen atoms in total. The predicted molar refractivity (Wildman–Crippen MR) is 73.5 cm³/mol. The molecule has 0 fully saturated rings. The molecule has 0 amide bonds. The van der Waals surface area contributed by atoms with E-state index in [9.17, 15) is 13.2 Å². The summed E-state index contributed by atoms with van der Waals surface area (Å²) in [7, 11) is 1.79. The summed E-state index contributed by atoms with van der Waals surface area (Å²) in [6.45, 7) is 0.889. The largest absolute Gasteiger partial charge is 0.451 e. The van der Waals surface area contributed by atoms with E-state index in [1.165, 1.54) is 6.07 Å². The molecule has 0 spiro atoms. The maximum atomic E-state index is 13.0. The Kier molecular flexibility index (Phi) is 3.97. The van der Waals surface area contributed by atoms with Gasteiger partial charge in [0.25, 0.3) is 0 Å². The van der Waals surface area contributed by atoms with Crippen molar-refractivity contribution in [3.63, 3.8) is 0 Å². The fraction of sp³-hybridized carbons (Fsp3) is 0.385. The zero-order valence-corrected chi connectivity index (χ0v) is 12.1. The first kappa shape index (κ1) is 15.5. The predicted octanol–water partition coefficient (Wildman–Crippen LogP) is 4.51. The number of benzene rings is 1. The molecule has 20 heavy (non-hydrogen) atoms. The zero-order chi connectivity index (χ0) is 13.8. The van der Waals surface area contributed by atoms with Crippen LogP contribution in [-0.4, -0.2) is 18.5 Å². The lowest BCUT2D eigenvalue weighted by Crippen LogP contribution is -2.20. The Morgan fingerprint density at radius 1 is 1.25 bits per heavy atom. The molecule has 7 heteroatoms. The Labute approximate surface area is 124 Å². The van der Waals surface area contributed by atoms with Gasteiger partial charge in [0.1, 0.15) is 5.58 Å². The van der Waals surface area contributed by atoms with E-state index < -0.39 is 11.9 Å². The van der Waals surface area contributed by atoms with E-state index in [4.69, 9.17) is 16.0 Å². The first-order valence-corrected chi connectivity index (χ1v) is 6.24. The van der Waals surface area contributed by atoms with Crippen molar-refractivity contribution in [3.8, 4) is 0 Å². The quantitative estimate of drug-likeness (QED) is 0.708. The van der Waals surface area contributed by atoms with Crippen LogP contribution in [0.1, 0.15) is 16.9 Å². The Hall–Kier alpha value is -0.910. The molecule has 0 N–H and O–H groups in total. The SMILES string of the molecule is CN1CCc2c(Cl)ccc3oc(C(F)(F)F)c(c23)C1.Cl. The lowest BCUT2D eigenvalue weighted by Gasteiger charge is -2.14. The molecule has 110 valence electrons. The van der Waals surface area contributed by atoms with Crippen LogP contribution in [0.3, 0.4) is 0 Å². The third kappa shape index (κ3) is 2.38. The van der Waals surface area contributed by atoms with Gasteiger partial charge >= 0.3 is 6.18 Å². The average Bonchev–Trinajstić information content (AvgIpc) is 2.57. The molecular weight excluding hydrogens is 314 g/mol. The summed E-state index contributed by atoms with van der Waals surface area (Å²) in [4.78, 5) is 1.84. The topological polar surface area (TPSA) is 16.4 Å². The molecule has 1 aromatic carbocycles. The number of alkyl halides is 3. The second-order valence-electron chi connectivity index (χ2n) is 4.79. The summed E-state index contributed by atoms with van der Waals surface area (Å²) in [6.07, 6.45) is -3.86. The van der Waals surface area contributed by atoms with Crippen LogP contribution >= 0.6 is 24.0 Å². The highest BCUT2D eigenvalue weighted by molar-refractivity contribution is 6.32. The molecule has 0 radical (unpaired) electrons. The first-order chi connectivity index (χ1) is 8.88. The Balaban J connectivity index is 0.00000147. The molecule has 1 aliphatic heterocycles. The van der Waals surface area contributed by atoms with Gasteiger partial charge in [-0.2, -0.15) is 13.2 Å². The summed E-state index contributed by atoms with van der Waals surface area (Å²) in [5.74, 6) is -0.903. The van der Waals surface area contributed by atoms with Gasteiger partial charge in [-0.25, -0.2) is 0 Å². The molecule has 2 aromatic rings. The number of halogens is 5. The van der Waals surface area contributed by atoms with Crippen LogP contribution in [0.2, 0.25) is 5.02 Å². The van der Waals surface area contributed by atoms with Crippen molar-refractivity contribution in [2.75, 3.05) is 13.6 Å². The summed E-state index contributed by atoms with van der Waals surface area (Å²) in [5, 5.41) is 1.03. The van der Waals surface area contributed by atoms with Crippen LogP contribution in [0, 0.1) is 0 Å². The maximum Gasteiger partial charge on any atom is 0.449 e. The monoisotopic (exact) mass is 325 g/mol. The molecule has 0 unspecified atom stereocenters. The van der Waals surface area contributed by atoms with E-state index in [0.717, 1.165) is 5.56 Å². The van der Waals surface area contributed by atoms with Gasteiger partial charge in [0.05, 0.1) is 0 Å². The van der Waals surface area contributed by atoms with Crippen molar-refractivity contribution < 1.29 is 17.6 Å². The van der Waals surface area contributed by atoms with Crippen molar-refractivity contribution in [3.05, 3.63) is 34.0 Å². The molecule has 3 rings (SSSR count). The van der Waals surface area contributed by atoms with Gasteiger partial charge in [-0.1, -0.05) is 11.6 Å². The highest BCUT2D eigenvalue weighted by Crippen LogP contribution is 2.42. The number of furan rings is 1. The number of likely N-dealkylation sites (N-methyl/N-ethyl adjacent to an activating group) is 1. The van der Waals surface area contributed by atoms with E-state index >= 15 is 0 Å². The minimum absolute atomic E-state index is 0. The molecule has 0 aliphatic carbocycles. The highest BCUT2D eigenvalue weighted by atomic mass is 35.5. The molecule has 0 saturated carbocycles. The van der Waals surface area contributed by atoms with Gasteiger partial charge in [-0.15, -0.1) is 12.4 Å². The van der Waals surface area contributed by atoms with Gasteiger partial charge in [-0.3, -0.25) is 0 Å². The van der Waals surface area contributed by atoms with E-state index in [1.807, 2.05) is 4.90 Å². The van der Waals surface area contributed by atoms with Crippen molar-refractivity contribution >= 4 is 35.0 Å².